The predicted octanol–water partition coefficient (Wildman–Crippen LogP) is 5.49. The number of aryl methyl sites for hydroxylation is 1. The number of carbonyl (C=O) groups is 1. The summed E-state index contributed by atoms with van der Waals surface area (Å²) in [4.78, 5) is 19.4. The van der Waals surface area contributed by atoms with Crippen LogP contribution in [0, 0.1) is 12.8 Å². The second-order valence-electron chi connectivity index (χ2n) is 11.0. The minimum atomic E-state index is 0.0689. The average Bonchev–Trinajstić information content (AvgIpc) is 3.44. The third-order valence-corrected chi connectivity index (χ3v) is 7.98. The summed E-state index contributed by atoms with van der Waals surface area (Å²) in [6.07, 6.45) is 3.88. The summed E-state index contributed by atoms with van der Waals surface area (Å²) in [7, 11) is 1.86. The van der Waals surface area contributed by atoms with Crippen LogP contribution in [0.1, 0.15) is 68.1 Å². The van der Waals surface area contributed by atoms with E-state index in [0.29, 0.717) is 24.3 Å². The van der Waals surface area contributed by atoms with E-state index >= 15 is 0 Å². The molecule has 5 rings (SSSR count). The Bertz CT molecular complexity index is 1250. The van der Waals surface area contributed by atoms with Crippen LogP contribution in [0.5, 0.6) is 0 Å². The number of amides is 1. The van der Waals surface area contributed by atoms with Gasteiger partial charge in [0.05, 0.1) is 23.2 Å². The van der Waals surface area contributed by atoms with Crippen molar-refractivity contribution in [1.82, 2.24) is 14.5 Å². The van der Waals surface area contributed by atoms with Crippen LogP contribution in [0.3, 0.4) is 0 Å². The summed E-state index contributed by atoms with van der Waals surface area (Å²) in [5, 5.41) is 3.00. The molecule has 3 aromatic rings. The predicted molar refractivity (Wildman–Crippen MR) is 146 cm³/mol. The Kier molecular flexibility index (Phi) is 7.18. The number of likely N-dealkylation sites (tertiary alicyclic amines) is 1. The second-order valence-corrected chi connectivity index (χ2v) is 11.0. The van der Waals surface area contributed by atoms with Crippen LogP contribution in [0.4, 0.5) is 5.69 Å². The third-order valence-electron chi connectivity index (χ3n) is 7.98. The van der Waals surface area contributed by atoms with E-state index in [4.69, 9.17) is 9.72 Å². The van der Waals surface area contributed by atoms with Crippen LogP contribution >= 0.6 is 0 Å². The number of imidazole rings is 1. The monoisotopic (exact) mass is 488 g/mol. The number of methoxy groups -OCH3 is 1. The van der Waals surface area contributed by atoms with Gasteiger partial charge in [0, 0.05) is 44.8 Å². The van der Waals surface area contributed by atoms with E-state index in [9.17, 15) is 4.79 Å². The molecule has 36 heavy (non-hydrogen) atoms. The van der Waals surface area contributed by atoms with Gasteiger partial charge in [0.2, 0.25) is 5.91 Å². The SMILES string of the molecule is CCC(=O)Nc1ccc2c(c1)C[C@H](CN1CC[C@@H](n3c(C(C)C)nc4cc(C)ccc43)[C@@H](OC)C1)C2. The first kappa shape index (κ1) is 25.0. The number of piperidine rings is 1. The maximum atomic E-state index is 11.8. The van der Waals surface area contributed by atoms with Crippen molar-refractivity contribution in [2.45, 2.75) is 71.4 Å². The maximum absolute atomic E-state index is 11.8. The number of aromatic nitrogens is 2. The van der Waals surface area contributed by atoms with Crippen LogP contribution < -0.4 is 5.32 Å². The number of hydrogen-bond acceptors (Lipinski definition) is 4. The summed E-state index contributed by atoms with van der Waals surface area (Å²) in [5.41, 5.74) is 7.29. The van der Waals surface area contributed by atoms with Crippen molar-refractivity contribution < 1.29 is 9.53 Å². The molecule has 1 aromatic heterocycles. The van der Waals surface area contributed by atoms with E-state index in [0.717, 1.165) is 55.9 Å². The van der Waals surface area contributed by atoms with Gasteiger partial charge >= 0.3 is 0 Å². The van der Waals surface area contributed by atoms with Crippen LogP contribution in [0.2, 0.25) is 0 Å². The number of nitrogens with zero attached hydrogens (tertiary/aromatic N) is 3. The van der Waals surface area contributed by atoms with E-state index in [1.165, 1.54) is 22.2 Å². The van der Waals surface area contributed by atoms with Gasteiger partial charge in [-0.25, -0.2) is 4.98 Å². The summed E-state index contributed by atoms with van der Waals surface area (Å²) < 4.78 is 8.60. The summed E-state index contributed by atoms with van der Waals surface area (Å²) in [6.45, 7) is 11.6. The fraction of sp³-hybridized carbons (Fsp3) is 0.533. The normalized spacial score (nSPS) is 22.3. The molecular weight excluding hydrogens is 448 g/mol. The van der Waals surface area contributed by atoms with E-state index in [1.807, 2.05) is 20.1 Å². The highest BCUT2D eigenvalue weighted by Crippen LogP contribution is 2.35. The smallest absolute Gasteiger partial charge is 0.224 e. The van der Waals surface area contributed by atoms with Gasteiger partial charge < -0.3 is 19.5 Å². The topological polar surface area (TPSA) is 59.4 Å². The molecule has 0 bridgehead atoms. The van der Waals surface area contributed by atoms with Crippen molar-refractivity contribution in [1.29, 1.82) is 0 Å². The number of rotatable bonds is 7. The molecule has 2 aliphatic rings. The van der Waals surface area contributed by atoms with E-state index in [-0.39, 0.29) is 12.0 Å². The first-order chi connectivity index (χ1) is 17.4. The van der Waals surface area contributed by atoms with Crippen molar-refractivity contribution >= 4 is 22.6 Å². The molecule has 1 aliphatic heterocycles. The standard InChI is InChI=1S/C30H40N4O2/c1-6-29(35)31-24-9-8-22-14-21(15-23(22)16-24)17-33-12-11-27(28(18-33)36-5)34-26-10-7-20(4)13-25(26)32-30(34)19(2)3/h7-10,13,16,19,21,27-28H,6,11-12,14-15,17-18H2,1-5H3,(H,31,35)/t21-,27-,28+/m1/s1. The van der Waals surface area contributed by atoms with Crippen LogP contribution in [0.25, 0.3) is 11.0 Å². The molecule has 2 aromatic carbocycles. The lowest BCUT2D eigenvalue weighted by Crippen LogP contribution is -2.47. The van der Waals surface area contributed by atoms with Crippen molar-refractivity contribution in [3.05, 3.63) is 58.9 Å². The Morgan fingerprint density at radius 3 is 2.72 bits per heavy atom. The van der Waals surface area contributed by atoms with E-state index in [2.05, 4.69) is 65.9 Å². The molecule has 6 heteroatoms. The number of benzene rings is 2. The first-order valence-corrected chi connectivity index (χ1v) is 13.5. The quantitative estimate of drug-likeness (QED) is 0.478. The van der Waals surface area contributed by atoms with Gasteiger partial charge in [-0.3, -0.25) is 4.79 Å². The molecule has 0 unspecified atom stereocenters. The average molecular weight is 489 g/mol. The van der Waals surface area contributed by atoms with Gasteiger partial charge in [0.15, 0.2) is 0 Å². The van der Waals surface area contributed by atoms with Gasteiger partial charge in [0.1, 0.15) is 5.82 Å². The van der Waals surface area contributed by atoms with E-state index < -0.39 is 0 Å². The highest BCUT2D eigenvalue weighted by molar-refractivity contribution is 5.90. The molecule has 1 saturated heterocycles. The van der Waals surface area contributed by atoms with Crippen molar-refractivity contribution in [3.63, 3.8) is 0 Å². The molecule has 1 aliphatic carbocycles. The molecule has 1 N–H and O–H groups in total. The Morgan fingerprint density at radius 1 is 1.17 bits per heavy atom. The highest BCUT2D eigenvalue weighted by Gasteiger charge is 2.35. The second kappa shape index (κ2) is 10.3. The molecular formula is C30H40N4O2. The molecule has 192 valence electrons. The van der Waals surface area contributed by atoms with Gasteiger partial charge in [-0.1, -0.05) is 32.9 Å². The van der Waals surface area contributed by atoms with Gasteiger partial charge in [-0.05, 0) is 73.1 Å². The Morgan fingerprint density at radius 2 is 1.97 bits per heavy atom. The van der Waals surface area contributed by atoms with Crippen molar-refractivity contribution in [2.24, 2.45) is 5.92 Å². The molecule has 0 spiro atoms. The largest absolute Gasteiger partial charge is 0.378 e. The maximum Gasteiger partial charge on any atom is 0.224 e. The van der Waals surface area contributed by atoms with E-state index in [1.54, 1.807) is 0 Å². The molecule has 1 amide bonds. The minimum Gasteiger partial charge on any atom is -0.378 e. The van der Waals surface area contributed by atoms with Gasteiger partial charge in [-0.15, -0.1) is 0 Å². The lowest BCUT2D eigenvalue weighted by molar-refractivity contribution is -0.115. The van der Waals surface area contributed by atoms with Gasteiger partial charge in [-0.2, -0.15) is 0 Å². The lowest BCUT2D eigenvalue weighted by atomic mass is 9.97. The molecule has 6 nitrogen and oxygen atoms in total. The zero-order valence-electron chi connectivity index (χ0n) is 22.4. The number of hydrogen-bond donors (Lipinski definition) is 1. The van der Waals surface area contributed by atoms with Crippen LogP contribution in [-0.4, -0.2) is 53.2 Å². The molecule has 0 saturated carbocycles. The summed E-state index contributed by atoms with van der Waals surface area (Å²) in [6, 6.07) is 13.3. The first-order valence-electron chi connectivity index (χ1n) is 13.5. The number of fused-ring (bicyclic) bond motifs is 2. The Hall–Kier alpha value is -2.70. The highest BCUT2D eigenvalue weighted by atomic mass is 16.5. The van der Waals surface area contributed by atoms with Gasteiger partial charge in [0.25, 0.3) is 0 Å². The van der Waals surface area contributed by atoms with Crippen LogP contribution in [-0.2, 0) is 22.4 Å². The number of anilines is 1. The lowest BCUT2D eigenvalue weighted by Gasteiger charge is -2.40. The minimum absolute atomic E-state index is 0.0689. The molecule has 0 radical (unpaired) electrons. The summed E-state index contributed by atoms with van der Waals surface area (Å²) in [5.74, 6) is 2.19. The Labute approximate surface area is 215 Å². The third kappa shape index (κ3) is 4.94. The fourth-order valence-corrected chi connectivity index (χ4v) is 6.17. The Balaban J connectivity index is 1.28. The number of carbonyl (C=O) groups excluding carboxylic acids is 1. The zero-order chi connectivity index (χ0) is 25.4. The number of nitrogens with one attached hydrogen (secondary N) is 1. The summed E-state index contributed by atoms with van der Waals surface area (Å²) >= 11 is 0. The van der Waals surface area contributed by atoms with Crippen molar-refractivity contribution in [2.75, 3.05) is 32.1 Å². The van der Waals surface area contributed by atoms with Crippen molar-refractivity contribution in [3.8, 4) is 0 Å². The molecule has 1 fully saturated rings. The number of ether oxygens (including phenoxy) is 1. The zero-order valence-corrected chi connectivity index (χ0v) is 22.4. The molecule has 3 atom stereocenters. The molecule has 2 heterocycles. The van der Waals surface area contributed by atoms with Crippen LogP contribution in [0.15, 0.2) is 36.4 Å². The fourth-order valence-electron chi connectivity index (χ4n) is 6.17.